The molecule has 0 aliphatic rings. The quantitative estimate of drug-likeness (QED) is 0.687. The van der Waals surface area contributed by atoms with Crippen molar-refractivity contribution >= 4 is 36.9 Å². The van der Waals surface area contributed by atoms with Crippen molar-refractivity contribution in [2.24, 2.45) is 0 Å². The molecule has 0 heterocycles. The molecule has 0 aliphatic carbocycles. The lowest BCUT2D eigenvalue weighted by Crippen LogP contribution is -1.92. The summed E-state index contributed by atoms with van der Waals surface area (Å²) in [5.74, 6) is 1.98. The van der Waals surface area contributed by atoms with Gasteiger partial charge in [-0.25, -0.2) is 0 Å². The number of phenols is 1. The lowest BCUT2D eigenvalue weighted by molar-refractivity contribution is 0.112. The van der Waals surface area contributed by atoms with Crippen LogP contribution < -0.4 is 0 Å². The van der Waals surface area contributed by atoms with Crippen LogP contribution >= 0.6 is 24.8 Å². The molecule has 0 aromatic heterocycles. The van der Waals surface area contributed by atoms with Gasteiger partial charge >= 0.3 is 0 Å². The second-order valence-corrected chi connectivity index (χ2v) is 4.91. The number of aromatic hydroxyl groups is 1. The van der Waals surface area contributed by atoms with E-state index in [0.717, 1.165) is 27.4 Å². The fraction of sp³-hybridized carbons (Fsp3) is 0. The van der Waals surface area contributed by atoms with Crippen molar-refractivity contribution in [2.45, 2.75) is 0 Å². The van der Waals surface area contributed by atoms with Crippen molar-refractivity contribution in [3.63, 3.8) is 0 Å². The van der Waals surface area contributed by atoms with E-state index in [1.807, 2.05) is 6.07 Å². The molecule has 0 amide bonds. The smallest absolute Gasteiger partial charge is 0.150 e. The van der Waals surface area contributed by atoms with Crippen LogP contribution in [-0.2, 0) is 0 Å². The number of hydrogen-bond donors (Lipinski definition) is 1. The summed E-state index contributed by atoms with van der Waals surface area (Å²) >= 11 is 3.41. The van der Waals surface area contributed by atoms with Gasteiger partial charge in [0.05, 0.1) is 0 Å². The van der Waals surface area contributed by atoms with Crippen LogP contribution in [0.2, 0.25) is 0 Å². The first-order valence-electron chi connectivity index (χ1n) is 5.24. The highest BCUT2D eigenvalue weighted by Crippen LogP contribution is 2.29. The van der Waals surface area contributed by atoms with Crippen molar-refractivity contribution in [3.8, 4) is 16.9 Å². The Bertz CT molecular complexity index is 606. The predicted octanol–water partition coefficient (Wildman–Crippen LogP) is 3.93. The number of carbonyl (C=O) groups excluding carboxylic acids is 1. The standard InChI is InChI=1S/C14H10BrO2P/c15-14-6-10(7-16)13(5-11(14)8-18)9-1-3-12(17)4-2-9/h1-8,17-18H. The molecule has 0 bridgehead atoms. The Morgan fingerprint density at radius 1 is 1.11 bits per heavy atom. The number of aldehydes is 1. The molecule has 0 saturated heterocycles. The minimum atomic E-state index is 0.204. The Hall–Kier alpha value is -1.44. The molecule has 0 unspecified atom stereocenters. The summed E-state index contributed by atoms with van der Waals surface area (Å²) in [7, 11) is 3.34. The maximum Gasteiger partial charge on any atom is 0.150 e. The minimum absolute atomic E-state index is 0.204. The van der Waals surface area contributed by atoms with Gasteiger partial charge in [-0.3, -0.25) is 4.79 Å². The van der Waals surface area contributed by atoms with Gasteiger partial charge in [0, 0.05) is 10.0 Å². The highest BCUT2D eigenvalue weighted by molar-refractivity contribution is 9.10. The van der Waals surface area contributed by atoms with Gasteiger partial charge in [0.2, 0.25) is 0 Å². The highest BCUT2D eigenvalue weighted by Gasteiger charge is 2.08. The molecule has 90 valence electrons. The number of benzene rings is 2. The molecule has 0 spiro atoms. The molecule has 2 nitrogen and oxygen atoms in total. The third-order valence-electron chi connectivity index (χ3n) is 2.63. The van der Waals surface area contributed by atoms with Gasteiger partial charge in [-0.15, -0.1) is 8.86 Å². The van der Waals surface area contributed by atoms with Gasteiger partial charge in [-0.05, 0) is 46.8 Å². The van der Waals surface area contributed by atoms with E-state index in [9.17, 15) is 9.90 Å². The molecule has 0 atom stereocenters. The van der Waals surface area contributed by atoms with E-state index in [4.69, 9.17) is 0 Å². The molecular weight excluding hydrogens is 311 g/mol. The molecule has 0 aliphatic heterocycles. The lowest BCUT2D eigenvalue weighted by atomic mass is 9.98. The first-order valence-corrected chi connectivity index (χ1v) is 6.61. The number of phenolic OH excluding ortho intramolecular Hbond substituents is 1. The molecule has 0 radical (unpaired) electrons. The largest absolute Gasteiger partial charge is 0.508 e. The average molecular weight is 321 g/mol. The normalized spacial score (nSPS) is 10.1. The van der Waals surface area contributed by atoms with Crippen LogP contribution in [-0.4, -0.2) is 17.2 Å². The minimum Gasteiger partial charge on any atom is -0.508 e. The van der Waals surface area contributed by atoms with Gasteiger partial charge in [-0.1, -0.05) is 28.1 Å². The third kappa shape index (κ3) is 2.53. The molecule has 4 heteroatoms. The van der Waals surface area contributed by atoms with Gasteiger partial charge < -0.3 is 5.11 Å². The first kappa shape index (κ1) is 13.0. The monoisotopic (exact) mass is 320 g/mol. The number of rotatable bonds is 3. The van der Waals surface area contributed by atoms with Gasteiger partial charge in [-0.2, -0.15) is 0 Å². The van der Waals surface area contributed by atoms with Crippen LogP contribution in [0.25, 0.3) is 11.1 Å². The van der Waals surface area contributed by atoms with Crippen molar-refractivity contribution in [1.82, 2.24) is 0 Å². The molecule has 18 heavy (non-hydrogen) atoms. The van der Waals surface area contributed by atoms with Crippen LogP contribution in [0.15, 0.2) is 40.9 Å². The van der Waals surface area contributed by atoms with E-state index in [1.165, 1.54) is 0 Å². The van der Waals surface area contributed by atoms with Crippen molar-refractivity contribution < 1.29 is 9.90 Å². The Morgan fingerprint density at radius 3 is 2.33 bits per heavy atom. The summed E-state index contributed by atoms with van der Waals surface area (Å²) < 4.78 is 0.849. The first-order chi connectivity index (χ1) is 8.65. The Labute approximate surface area is 116 Å². The second-order valence-electron chi connectivity index (χ2n) is 3.77. The van der Waals surface area contributed by atoms with Gasteiger partial charge in [0.15, 0.2) is 6.29 Å². The van der Waals surface area contributed by atoms with Crippen molar-refractivity contribution in [2.75, 3.05) is 0 Å². The molecule has 2 aromatic carbocycles. The molecular formula is C14H10BrO2P. The molecule has 2 aromatic rings. The van der Waals surface area contributed by atoms with E-state index in [-0.39, 0.29) is 5.75 Å². The van der Waals surface area contributed by atoms with Crippen LogP contribution in [0, 0.1) is 0 Å². The Balaban J connectivity index is 2.65. The van der Waals surface area contributed by atoms with E-state index >= 15 is 0 Å². The fourth-order valence-corrected chi connectivity index (χ4v) is 2.63. The molecule has 0 fully saturated rings. The summed E-state index contributed by atoms with van der Waals surface area (Å²) in [4.78, 5) is 11.1. The van der Waals surface area contributed by atoms with E-state index in [1.54, 1.807) is 36.1 Å². The Kier molecular flexibility index (Phi) is 3.95. The van der Waals surface area contributed by atoms with Gasteiger partial charge in [0.25, 0.3) is 0 Å². The molecule has 1 N–H and O–H groups in total. The third-order valence-corrected chi connectivity index (χ3v) is 3.63. The number of carbonyl (C=O) groups is 1. The average Bonchev–Trinajstić information content (AvgIpc) is 2.39. The van der Waals surface area contributed by atoms with E-state index in [2.05, 4.69) is 24.8 Å². The highest BCUT2D eigenvalue weighted by atomic mass is 79.9. The zero-order valence-electron chi connectivity index (χ0n) is 9.35. The van der Waals surface area contributed by atoms with Crippen LogP contribution in [0.4, 0.5) is 0 Å². The zero-order valence-corrected chi connectivity index (χ0v) is 11.9. The lowest BCUT2D eigenvalue weighted by Gasteiger charge is -2.08. The summed E-state index contributed by atoms with van der Waals surface area (Å²) in [6, 6.07) is 10.5. The summed E-state index contributed by atoms with van der Waals surface area (Å²) in [5.41, 5.74) is 3.26. The molecule has 0 saturated carbocycles. The summed E-state index contributed by atoms with van der Waals surface area (Å²) in [5, 5.41) is 9.28. The maximum absolute atomic E-state index is 11.1. The topological polar surface area (TPSA) is 37.3 Å². The van der Waals surface area contributed by atoms with Crippen LogP contribution in [0.5, 0.6) is 5.75 Å². The van der Waals surface area contributed by atoms with Crippen molar-refractivity contribution in [1.29, 1.82) is 0 Å². The molecule has 2 rings (SSSR count). The van der Waals surface area contributed by atoms with Crippen LogP contribution in [0.3, 0.4) is 0 Å². The van der Waals surface area contributed by atoms with E-state index in [0.29, 0.717) is 5.56 Å². The number of halogens is 1. The fourth-order valence-electron chi connectivity index (χ4n) is 1.70. The van der Waals surface area contributed by atoms with Crippen LogP contribution in [0.1, 0.15) is 15.9 Å². The Morgan fingerprint density at radius 2 is 1.78 bits per heavy atom. The zero-order chi connectivity index (χ0) is 13.1. The van der Waals surface area contributed by atoms with Gasteiger partial charge in [0.1, 0.15) is 5.75 Å². The summed E-state index contributed by atoms with van der Waals surface area (Å²) in [6.45, 7) is 0. The van der Waals surface area contributed by atoms with Crippen molar-refractivity contribution in [3.05, 3.63) is 52.0 Å². The van der Waals surface area contributed by atoms with E-state index < -0.39 is 0 Å². The predicted molar refractivity (Wildman–Crippen MR) is 80.1 cm³/mol. The summed E-state index contributed by atoms with van der Waals surface area (Å²) in [6.07, 6.45) is 0.824. The SMILES string of the molecule is O=Cc1cc(Br)c(C=P)cc1-c1ccc(O)cc1. The maximum atomic E-state index is 11.1. The number of hydrogen-bond acceptors (Lipinski definition) is 2. The second kappa shape index (κ2) is 5.47.